The van der Waals surface area contributed by atoms with Crippen LogP contribution < -0.4 is 5.32 Å². The van der Waals surface area contributed by atoms with E-state index in [9.17, 15) is 4.79 Å². The fourth-order valence-corrected chi connectivity index (χ4v) is 1.01. The van der Waals surface area contributed by atoms with E-state index in [1.54, 1.807) is 0 Å². The molecule has 0 spiro atoms. The van der Waals surface area contributed by atoms with Crippen molar-refractivity contribution in [3.8, 4) is 0 Å². The van der Waals surface area contributed by atoms with E-state index in [1.807, 2.05) is 6.92 Å². The van der Waals surface area contributed by atoms with Gasteiger partial charge in [-0.3, -0.25) is 4.79 Å². The lowest BCUT2D eigenvalue weighted by Crippen LogP contribution is -2.26. The van der Waals surface area contributed by atoms with Gasteiger partial charge < -0.3 is 10.1 Å². The smallest absolute Gasteiger partial charge is 0.222 e. The van der Waals surface area contributed by atoms with Gasteiger partial charge in [0, 0.05) is 18.8 Å². The van der Waals surface area contributed by atoms with Crippen molar-refractivity contribution in [2.75, 3.05) is 19.1 Å². The van der Waals surface area contributed by atoms with Crippen molar-refractivity contribution in [2.24, 2.45) is 0 Å². The summed E-state index contributed by atoms with van der Waals surface area (Å²) in [7, 11) is 1.36. The van der Waals surface area contributed by atoms with E-state index >= 15 is 0 Å². The summed E-state index contributed by atoms with van der Waals surface area (Å²) in [4.78, 5) is 10.8. The molecule has 11 heavy (non-hydrogen) atoms. The fourth-order valence-electron chi connectivity index (χ4n) is 0.460. The third kappa shape index (κ3) is 8.03. The first-order valence-corrected chi connectivity index (χ1v) is 5.45. The lowest BCUT2D eigenvalue weighted by atomic mass is 10.5. The van der Waals surface area contributed by atoms with Gasteiger partial charge in [-0.25, -0.2) is 0 Å². The predicted octanol–water partition coefficient (Wildman–Crippen LogP) is 1.06. The highest BCUT2D eigenvalue weighted by molar-refractivity contribution is 8.68. The highest BCUT2D eigenvalue weighted by Gasteiger charge is 1.97. The van der Waals surface area contributed by atoms with Crippen LogP contribution >= 0.6 is 22.5 Å². The molecule has 0 rings (SSSR count). The second-order valence-electron chi connectivity index (χ2n) is 1.82. The number of hydrogen-bond acceptors (Lipinski definition) is 4. The van der Waals surface area contributed by atoms with Crippen LogP contribution in [0.2, 0.25) is 0 Å². The van der Waals surface area contributed by atoms with Crippen molar-refractivity contribution < 1.29 is 9.53 Å². The van der Waals surface area contributed by atoms with Crippen LogP contribution in [0.25, 0.3) is 0 Å². The molecule has 0 aromatic heterocycles. The molecule has 0 saturated carbocycles. The predicted molar refractivity (Wildman–Crippen MR) is 50.7 cm³/mol. The highest BCUT2D eigenvalue weighted by Crippen LogP contribution is 2.05. The van der Waals surface area contributed by atoms with Gasteiger partial charge in [-0.05, 0) is 6.92 Å². The minimum absolute atomic E-state index is 0.0139. The van der Waals surface area contributed by atoms with Crippen molar-refractivity contribution >= 4 is 28.4 Å². The largest absolute Gasteiger partial charge is 0.362 e. The second kappa shape index (κ2) is 8.23. The Hall–Kier alpha value is 0.130. The summed E-state index contributed by atoms with van der Waals surface area (Å²) in [6, 6.07) is 0. The van der Waals surface area contributed by atoms with Gasteiger partial charge in [0.1, 0.15) is 6.73 Å². The number of rotatable bonds is 6. The molecule has 0 heterocycles. The first kappa shape index (κ1) is 11.1. The molecule has 0 atom stereocenters. The zero-order chi connectivity index (χ0) is 8.53. The van der Waals surface area contributed by atoms with E-state index in [0.29, 0.717) is 19.8 Å². The first-order valence-electron chi connectivity index (χ1n) is 3.42. The number of ether oxygens (including phenoxy) is 1. The maximum Gasteiger partial charge on any atom is 0.222 e. The summed E-state index contributed by atoms with van der Waals surface area (Å²) in [5.74, 6) is 0.751. The van der Waals surface area contributed by atoms with E-state index in [-0.39, 0.29) is 5.91 Å². The van der Waals surface area contributed by atoms with Gasteiger partial charge in [-0.1, -0.05) is 10.8 Å². The Bertz CT molecular complexity index is 111. The molecular weight excluding hydrogens is 182 g/mol. The van der Waals surface area contributed by atoms with Crippen molar-refractivity contribution in [1.29, 1.82) is 0 Å². The molecule has 0 fully saturated rings. The summed E-state index contributed by atoms with van der Waals surface area (Å²) in [5, 5.41) is 2.61. The minimum atomic E-state index is 0.0139. The van der Waals surface area contributed by atoms with Gasteiger partial charge in [0.15, 0.2) is 0 Å². The van der Waals surface area contributed by atoms with Crippen molar-refractivity contribution in [3.63, 3.8) is 0 Å². The molecule has 0 aliphatic heterocycles. The van der Waals surface area contributed by atoms with Gasteiger partial charge in [0.2, 0.25) is 5.91 Å². The zero-order valence-corrected chi connectivity index (χ0v) is 8.21. The topological polar surface area (TPSA) is 38.3 Å². The number of carbonyl (C=O) groups excluding carboxylic acids is 1. The van der Waals surface area contributed by atoms with Gasteiger partial charge in [-0.15, -0.1) is 11.7 Å². The van der Waals surface area contributed by atoms with Gasteiger partial charge >= 0.3 is 0 Å². The van der Waals surface area contributed by atoms with E-state index in [0.717, 1.165) is 5.75 Å². The van der Waals surface area contributed by atoms with Crippen molar-refractivity contribution in [1.82, 2.24) is 5.32 Å². The van der Waals surface area contributed by atoms with E-state index < -0.39 is 0 Å². The maximum absolute atomic E-state index is 10.8. The summed E-state index contributed by atoms with van der Waals surface area (Å²) in [6.45, 7) is 2.82. The zero-order valence-electron chi connectivity index (χ0n) is 6.50. The van der Waals surface area contributed by atoms with Crippen LogP contribution in [0, 0.1) is 0 Å². The normalized spacial score (nSPS) is 9.64. The van der Waals surface area contributed by atoms with Crippen LogP contribution in [-0.4, -0.2) is 25.0 Å². The number of hydrogen-bond donors (Lipinski definition) is 2. The molecular formula is C6H13NO2S2. The van der Waals surface area contributed by atoms with Crippen LogP contribution in [0.4, 0.5) is 0 Å². The molecule has 0 aliphatic carbocycles. The number of carbonyl (C=O) groups is 1. The lowest BCUT2D eigenvalue weighted by molar-refractivity contribution is -0.122. The van der Waals surface area contributed by atoms with Crippen LogP contribution in [0.1, 0.15) is 13.3 Å². The molecule has 0 aromatic carbocycles. The molecule has 0 radical (unpaired) electrons. The van der Waals surface area contributed by atoms with Gasteiger partial charge in [-0.2, -0.15) is 0 Å². The molecule has 0 aromatic rings. The third-order valence-electron chi connectivity index (χ3n) is 0.996. The van der Waals surface area contributed by atoms with Crippen LogP contribution in [0.15, 0.2) is 0 Å². The Labute approximate surface area is 76.1 Å². The lowest BCUT2D eigenvalue weighted by Gasteiger charge is -2.02. The van der Waals surface area contributed by atoms with Crippen molar-refractivity contribution in [2.45, 2.75) is 13.3 Å². The minimum Gasteiger partial charge on any atom is -0.362 e. The van der Waals surface area contributed by atoms with Gasteiger partial charge in [0.05, 0.1) is 0 Å². The number of nitrogens with one attached hydrogen (secondary N) is 1. The summed E-state index contributed by atoms with van der Waals surface area (Å²) in [5.41, 5.74) is 0. The monoisotopic (exact) mass is 195 g/mol. The Kier molecular flexibility index (Phi) is 8.33. The Morgan fingerprint density at radius 2 is 2.45 bits per heavy atom. The Morgan fingerprint density at radius 1 is 1.73 bits per heavy atom. The highest BCUT2D eigenvalue weighted by atomic mass is 33.1. The van der Waals surface area contributed by atoms with Crippen LogP contribution in [0.5, 0.6) is 0 Å². The third-order valence-corrected chi connectivity index (χ3v) is 1.93. The standard InChI is InChI=1S/C6H13NO2S2/c1-2-9-5-7-6(8)3-4-11-10/h10H,2-5H2,1H3,(H,7,8). The van der Waals surface area contributed by atoms with E-state index in [2.05, 4.69) is 17.0 Å². The van der Waals surface area contributed by atoms with E-state index in [1.165, 1.54) is 10.8 Å². The summed E-state index contributed by atoms with van der Waals surface area (Å²) in [6.07, 6.45) is 0.501. The molecule has 0 saturated heterocycles. The molecule has 5 heteroatoms. The quantitative estimate of drug-likeness (QED) is 0.288. The summed E-state index contributed by atoms with van der Waals surface area (Å²) < 4.78 is 4.93. The van der Waals surface area contributed by atoms with Crippen LogP contribution in [0.3, 0.4) is 0 Å². The Morgan fingerprint density at radius 3 is 3.00 bits per heavy atom. The van der Waals surface area contributed by atoms with E-state index in [4.69, 9.17) is 4.74 Å². The van der Waals surface area contributed by atoms with Crippen molar-refractivity contribution in [3.05, 3.63) is 0 Å². The molecule has 3 nitrogen and oxygen atoms in total. The van der Waals surface area contributed by atoms with Gasteiger partial charge in [0.25, 0.3) is 0 Å². The average Bonchev–Trinajstić information content (AvgIpc) is 2.01. The molecule has 1 amide bonds. The fraction of sp³-hybridized carbons (Fsp3) is 0.833. The summed E-state index contributed by atoms with van der Waals surface area (Å²) >= 11 is 3.91. The molecule has 0 aliphatic rings. The first-order chi connectivity index (χ1) is 5.31. The Balaban J connectivity index is 3.09. The average molecular weight is 195 g/mol. The SMILES string of the molecule is CCOCNC(=O)CCSS. The number of amides is 1. The second-order valence-corrected chi connectivity index (χ2v) is 3.26. The molecule has 0 bridgehead atoms. The molecule has 1 N–H and O–H groups in total. The maximum atomic E-state index is 10.8. The number of thiol groups is 1. The van der Waals surface area contributed by atoms with Crippen LogP contribution in [-0.2, 0) is 9.53 Å². The molecule has 66 valence electrons. The molecule has 0 unspecified atom stereocenters.